The van der Waals surface area contributed by atoms with Gasteiger partial charge in [-0.25, -0.2) is 0 Å². The summed E-state index contributed by atoms with van der Waals surface area (Å²) < 4.78 is 5.39. The van der Waals surface area contributed by atoms with Gasteiger partial charge in [-0.05, 0) is 37.6 Å². The van der Waals surface area contributed by atoms with Gasteiger partial charge < -0.3 is 15.0 Å². The Morgan fingerprint density at radius 2 is 2.20 bits per heavy atom. The number of hydrogen-bond donors (Lipinski definition) is 1. The Hall–Kier alpha value is -1.81. The average Bonchev–Trinajstić information content (AvgIpc) is 2.46. The van der Waals surface area contributed by atoms with E-state index in [1.807, 2.05) is 42.2 Å². The summed E-state index contributed by atoms with van der Waals surface area (Å²) in [6, 6.07) is 8.11. The molecule has 1 aromatic carbocycles. The van der Waals surface area contributed by atoms with E-state index in [4.69, 9.17) is 4.74 Å². The highest BCUT2D eigenvalue weighted by molar-refractivity contribution is 5.91. The van der Waals surface area contributed by atoms with E-state index in [0.717, 1.165) is 30.9 Å². The van der Waals surface area contributed by atoms with Gasteiger partial charge in [-0.2, -0.15) is 0 Å². The normalized spacial score (nSPS) is 19.3. The van der Waals surface area contributed by atoms with Gasteiger partial charge in [0.25, 0.3) is 0 Å². The van der Waals surface area contributed by atoms with Crippen molar-refractivity contribution in [3.63, 3.8) is 0 Å². The quantitative estimate of drug-likeness (QED) is 0.853. The Balaban J connectivity index is 1.92. The summed E-state index contributed by atoms with van der Waals surface area (Å²) in [5, 5.41) is 3.33. The zero-order valence-electron chi connectivity index (χ0n) is 12.1. The van der Waals surface area contributed by atoms with Gasteiger partial charge in [0.1, 0.15) is 5.75 Å². The van der Waals surface area contributed by atoms with E-state index in [1.54, 1.807) is 6.08 Å². The van der Waals surface area contributed by atoms with Crippen molar-refractivity contribution >= 4 is 12.0 Å². The predicted molar refractivity (Wildman–Crippen MR) is 80.7 cm³/mol. The molecule has 108 valence electrons. The van der Waals surface area contributed by atoms with E-state index < -0.39 is 0 Å². The predicted octanol–water partition coefficient (Wildman–Crippen LogP) is 1.92. The van der Waals surface area contributed by atoms with Crippen molar-refractivity contribution in [3.05, 3.63) is 35.9 Å². The van der Waals surface area contributed by atoms with Crippen LogP contribution in [0, 0.1) is 0 Å². The molecule has 1 saturated heterocycles. The fraction of sp³-hybridized carbons (Fsp3) is 0.438. The van der Waals surface area contributed by atoms with Crippen molar-refractivity contribution in [1.82, 2.24) is 10.2 Å². The first kappa shape index (κ1) is 14.6. The molecule has 1 aromatic rings. The van der Waals surface area contributed by atoms with Crippen LogP contribution >= 0.6 is 0 Å². The van der Waals surface area contributed by atoms with E-state index >= 15 is 0 Å². The largest absolute Gasteiger partial charge is 0.494 e. The minimum atomic E-state index is 0.0761. The maximum absolute atomic E-state index is 12.1. The summed E-state index contributed by atoms with van der Waals surface area (Å²) in [4.78, 5) is 14.0. The average molecular weight is 274 g/mol. The van der Waals surface area contributed by atoms with Crippen LogP contribution in [-0.2, 0) is 4.79 Å². The molecule has 0 aliphatic carbocycles. The fourth-order valence-electron chi connectivity index (χ4n) is 2.25. The molecule has 0 spiro atoms. The molecule has 0 saturated carbocycles. The van der Waals surface area contributed by atoms with E-state index in [9.17, 15) is 4.79 Å². The Kier molecular flexibility index (Phi) is 5.18. The number of nitrogens with zero attached hydrogens (tertiary/aromatic N) is 1. The molecule has 2 rings (SSSR count). The number of amides is 1. The highest BCUT2D eigenvalue weighted by atomic mass is 16.5. The van der Waals surface area contributed by atoms with Gasteiger partial charge in [0.2, 0.25) is 5.91 Å². The maximum Gasteiger partial charge on any atom is 0.246 e. The Morgan fingerprint density at radius 3 is 2.85 bits per heavy atom. The van der Waals surface area contributed by atoms with Crippen molar-refractivity contribution in [1.29, 1.82) is 0 Å². The van der Waals surface area contributed by atoms with Gasteiger partial charge in [0, 0.05) is 31.8 Å². The third-order valence-electron chi connectivity index (χ3n) is 3.29. The van der Waals surface area contributed by atoms with Gasteiger partial charge in [0.05, 0.1) is 6.61 Å². The van der Waals surface area contributed by atoms with Gasteiger partial charge in [0.15, 0.2) is 0 Å². The number of carbonyl (C=O) groups excluding carboxylic acids is 1. The zero-order valence-corrected chi connectivity index (χ0v) is 12.1. The standard InChI is InChI=1S/C16H22N2O2/c1-3-20-15-7-4-14(5-8-15)6-9-16(19)18-11-10-17-13(2)12-18/h4-9,13,17H,3,10-12H2,1-2H3/b9-6+. The highest BCUT2D eigenvalue weighted by Gasteiger charge is 2.18. The summed E-state index contributed by atoms with van der Waals surface area (Å²) >= 11 is 0. The molecule has 1 aliphatic rings. The lowest BCUT2D eigenvalue weighted by Gasteiger charge is -2.31. The molecule has 1 atom stereocenters. The van der Waals surface area contributed by atoms with E-state index in [2.05, 4.69) is 12.2 Å². The summed E-state index contributed by atoms with van der Waals surface area (Å²) in [6.07, 6.45) is 3.50. The molecule has 1 N–H and O–H groups in total. The molecule has 1 unspecified atom stereocenters. The van der Waals surface area contributed by atoms with Crippen molar-refractivity contribution in [3.8, 4) is 5.75 Å². The van der Waals surface area contributed by atoms with Crippen LogP contribution in [0.2, 0.25) is 0 Å². The summed E-state index contributed by atoms with van der Waals surface area (Å²) in [7, 11) is 0. The number of piperazine rings is 1. The summed E-state index contributed by atoms with van der Waals surface area (Å²) in [5.74, 6) is 0.930. The third-order valence-corrected chi connectivity index (χ3v) is 3.29. The highest BCUT2D eigenvalue weighted by Crippen LogP contribution is 2.13. The maximum atomic E-state index is 12.1. The van der Waals surface area contributed by atoms with Crippen molar-refractivity contribution in [2.45, 2.75) is 19.9 Å². The van der Waals surface area contributed by atoms with Crippen LogP contribution in [0.3, 0.4) is 0 Å². The van der Waals surface area contributed by atoms with Crippen LogP contribution in [0.4, 0.5) is 0 Å². The number of nitrogens with one attached hydrogen (secondary N) is 1. The van der Waals surface area contributed by atoms with Gasteiger partial charge in [-0.1, -0.05) is 12.1 Å². The summed E-state index contributed by atoms with van der Waals surface area (Å²) in [5.41, 5.74) is 1.00. The van der Waals surface area contributed by atoms with Crippen LogP contribution in [0.25, 0.3) is 6.08 Å². The van der Waals surface area contributed by atoms with Crippen LogP contribution < -0.4 is 10.1 Å². The second kappa shape index (κ2) is 7.10. The molecular weight excluding hydrogens is 252 g/mol. The Labute approximate surface area is 120 Å². The molecule has 0 radical (unpaired) electrons. The van der Waals surface area contributed by atoms with Crippen LogP contribution in [0.5, 0.6) is 5.75 Å². The smallest absolute Gasteiger partial charge is 0.246 e. The molecule has 4 heteroatoms. The number of rotatable bonds is 4. The molecular formula is C16H22N2O2. The lowest BCUT2D eigenvalue weighted by atomic mass is 10.2. The monoisotopic (exact) mass is 274 g/mol. The summed E-state index contributed by atoms with van der Waals surface area (Å²) in [6.45, 7) is 7.12. The Bertz CT molecular complexity index is 468. The minimum absolute atomic E-state index is 0.0761. The molecule has 20 heavy (non-hydrogen) atoms. The number of ether oxygens (including phenoxy) is 1. The lowest BCUT2D eigenvalue weighted by Crippen LogP contribution is -2.50. The second-order valence-electron chi connectivity index (χ2n) is 4.97. The Morgan fingerprint density at radius 1 is 1.45 bits per heavy atom. The third kappa shape index (κ3) is 4.10. The second-order valence-corrected chi connectivity index (χ2v) is 4.97. The minimum Gasteiger partial charge on any atom is -0.494 e. The molecule has 1 amide bonds. The topological polar surface area (TPSA) is 41.6 Å². The number of carbonyl (C=O) groups is 1. The van der Waals surface area contributed by atoms with E-state index in [1.165, 1.54) is 0 Å². The first-order chi connectivity index (χ1) is 9.69. The lowest BCUT2D eigenvalue weighted by molar-refractivity contribution is -0.127. The molecule has 0 bridgehead atoms. The molecule has 0 aromatic heterocycles. The van der Waals surface area contributed by atoms with Crippen LogP contribution in [-0.4, -0.2) is 43.1 Å². The van der Waals surface area contributed by atoms with Crippen molar-refractivity contribution in [2.24, 2.45) is 0 Å². The molecule has 4 nitrogen and oxygen atoms in total. The van der Waals surface area contributed by atoms with Gasteiger partial charge in [-0.15, -0.1) is 0 Å². The number of hydrogen-bond acceptors (Lipinski definition) is 3. The molecule has 1 heterocycles. The van der Waals surface area contributed by atoms with Gasteiger partial charge in [-0.3, -0.25) is 4.79 Å². The molecule has 1 aliphatic heterocycles. The number of benzene rings is 1. The van der Waals surface area contributed by atoms with Crippen molar-refractivity contribution < 1.29 is 9.53 Å². The first-order valence-electron chi connectivity index (χ1n) is 7.12. The first-order valence-corrected chi connectivity index (χ1v) is 7.12. The SMILES string of the molecule is CCOc1ccc(/C=C/C(=O)N2CCNC(C)C2)cc1. The van der Waals surface area contributed by atoms with Crippen LogP contribution in [0.15, 0.2) is 30.3 Å². The van der Waals surface area contributed by atoms with Crippen LogP contribution in [0.1, 0.15) is 19.4 Å². The van der Waals surface area contributed by atoms with E-state index in [0.29, 0.717) is 12.6 Å². The fourth-order valence-corrected chi connectivity index (χ4v) is 2.25. The van der Waals surface area contributed by atoms with E-state index in [-0.39, 0.29) is 5.91 Å². The van der Waals surface area contributed by atoms with Crippen molar-refractivity contribution in [2.75, 3.05) is 26.2 Å². The van der Waals surface area contributed by atoms with Gasteiger partial charge >= 0.3 is 0 Å². The molecule has 1 fully saturated rings. The zero-order chi connectivity index (χ0) is 14.4.